The topological polar surface area (TPSA) is 60.5 Å². The van der Waals surface area contributed by atoms with Gasteiger partial charge in [-0.3, -0.25) is 4.98 Å². The predicted molar refractivity (Wildman–Crippen MR) is 69.0 cm³/mol. The number of halogens is 3. The third-order valence-corrected chi connectivity index (χ3v) is 2.35. The molecule has 112 valence electrons. The van der Waals surface area contributed by atoms with Gasteiger partial charge in [0.05, 0.1) is 12.2 Å². The first-order valence-corrected chi connectivity index (χ1v) is 6.12. The summed E-state index contributed by atoms with van der Waals surface area (Å²) < 4.78 is 33.5. The Labute approximate surface area is 120 Å². The summed E-state index contributed by atoms with van der Waals surface area (Å²) in [5.74, 6) is -0.197. The number of hydrogen-bond acceptors (Lipinski definition) is 4. The molecule has 1 amide bonds. The molecular formula is C12H15ClF2N2O3. The van der Waals surface area contributed by atoms with E-state index in [4.69, 9.17) is 16.3 Å². The molecule has 1 heterocycles. The van der Waals surface area contributed by atoms with Gasteiger partial charge < -0.3 is 14.8 Å². The van der Waals surface area contributed by atoms with Gasteiger partial charge in [-0.15, -0.1) is 0 Å². The first-order valence-electron chi connectivity index (χ1n) is 5.74. The SMILES string of the molecule is CC(C)(C)OC(=O)NCc1nccc(OC(F)F)c1Cl. The van der Waals surface area contributed by atoms with Crippen LogP contribution in [-0.2, 0) is 11.3 Å². The van der Waals surface area contributed by atoms with Crippen LogP contribution < -0.4 is 10.1 Å². The van der Waals surface area contributed by atoms with Crippen LogP contribution in [0.15, 0.2) is 12.3 Å². The maximum absolute atomic E-state index is 12.1. The van der Waals surface area contributed by atoms with Crippen molar-refractivity contribution >= 4 is 17.7 Å². The smallest absolute Gasteiger partial charge is 0.407 e. The highest BCUT2D eigenvalue weighted by atomic mass is 35.5. The van der Waals surface area contributed by atoms with Gasteiger partial charge in [-0.2, -0.15) is 8.78 Å². The summed E-state index contributed by atoms with van der Waals surface area (Å²) >= 11 is 5.86. The number of carbonyl (C=O) groups excluding carboxylic acids is 1. The minimum atomic E-state index is -2.98. The van der Waals surface area contributed by atoms with Crippen LogP contribution in [0, 0.1) is 0 Å². The van der Waals surface area contributed by atoms with Crippen molar-refractivity contribution in [3.8, 4) is 5.75 Å². The molecule has 0 fully saturated rings. The first-order chi connectivity index (χ1) is 9.19. The van der Waals surface area contributed by atoms with Gasteiger partial charge >= 0.3 is 12.7 Å². The predicted octanol–water partition coefficient (Wildman–Crippen LogP) is 3.36. The number of alkyl carbamates (subject to hydrolysis) is 1. The van der Waals surface area contributed by atoms with Crippen molar-refractivity contribution in [2.24, 2.45) is 0 Å². The van der Waals surface area contributed by atoms with Crippen molar-refractivity contribution in [2.45, 2.75) is 39.5 Å². The summed E-state index contributed by atoms with van der Waals surface area (Å²) in [4.78, 5) is 15.3. The van der Waals surface area contributed by atoms with Crippen LogP contribution in [-0.4, -0.2) is 23.3 Å². The normalized spacial score (nSPS) is 11.3. The first kappa shape index (κ1) is 16.4. The van der Waals surface area contributed by atoms with E-state index in [2.05, 4.69) is 15.0 Å². The number of amides is 1. The molecule has 0 bridgehead atoms. The number of alkyl halides is 2. The molecule has 0 atom stereocenters. The zero-order valence-electron chi connectivity index (χ0n) is 11.2. The van der Waals surface area contributed by atoms with E-state index in [1.807, 2.05) is 0 Å². The highest BCUT2D eigenvalue weighted by Crippen LogP contribution is 2.27. The molecule has 0 aliphatic heterocycles. The summed E-state index contributed by atoms with van der Waals surface area (Å²) in [6, 6.07) is 1.21. The van der Waals surface area contributed by atoms with E-state index >= 15 is 0 Å². The molecule has 0 aliphatic rings. The van der Waals surface area contributed by atoms with Crippen LogP contribution >= 0.6 is 11.6 Å². The van der Waals surface area contributed by atoms with Crippen molar-refractivity contribution in [1.29, 1.82) is 0 Å². The Morgan fingerprint density at radius 2 is 2.15 bits per heavy atom. The van der Waals surface area contributed by atoms with Crippen LogP contribution in [0.1, 0.15) is 26.5 Å². The lowest BCUT2D eigenvalue weighted by Gasteiger charge is -2.19. The van der Waals surface area contributed by atoms with Crippen LogP contribution in [0.4, 0.5) is 13.6 Å². The quantitative estimate of drug-likeness (QED) is 0.926. The molecular weight excluding hydrogens is 294 g/mol. The van der Waals surface area contributed by atoms with Crippen molar-refractivity contribution in [2.75, 3.05) is 0 Å². The molecule has 5 nitrogen and oxygen atoms in total. The average molecular weight is 309 g/mol. The fraction of sp³-hybridized carbons (Fsp3) is 0.500. The molecule has 0 unspecified atom stereocenters. The van der Waals surface area contributed by atoms with E-state index in [0.717, 1.165) is 0 Å². The Morgan fingerprint density at radius 3 is 2.70 bits per heavy atom. The minimum Gasteiger partial charge on any atom is -0.444 e. The maximum atomic E-state index is 12.1. The molecule has 20 heavy (non-hydrogen) atoms. The molecule has 1 aromatic heterocycles. The second-order valence-corrected chi connectivity index (χ2v) is 5.18. The summed E-state index contributed by atoms with van der Waals surface area (Å²) in [6.45, 7) is 2.11. The van der Waals surface area contributed by atoms with Gasteiger partial charge in [-0.25, -0.2) is 4.79 Å². The number of carbonyl (C=O) groups is 1. The lowest BCUT2D eigenvalue weighted by molar-refractivity contribution is -0.0498. The molecule has 0 saturated heterocycles. The zero-order chi connectivity index (χ0) is 15.3. The van der Waals surface area contributed by atoms with Gasteiger partial charge in [0, 0.05) is 12.3 Å². The lowest BCUT2D eigenvalue weighted by Crippen LogP contribution is -2.32. The van der Waals surface area contributed by atoms with Crippen LogP contribution in [0.2, 0.25) is 5.02 Å². The third-order valence-electron chi connectivity index (χ3n) is 1.94. The number of aromatic nitrogens is 1. The molecule has 0 spiro atoms. The number of rotatable bonds is 4. The summed E-state index contributed by atoms with van der Waals surface area (Å²) in [5.41, 5.74) is -0.433. The summed E-state index contributed by atoms with van der Waals surface area (Å²) in [7, 11) is 0. The lowest BCUT2D eigenvalue weighted by atomic mass is 10.2. The monoisotopic (exact) mass is 308 g/mol. The van der Waals surface area contributed by atoms with Gasteiger partial charge in [-0.1, -0.05) is 11.6 Å². The highest BCUT2D eigenvalue weighted by molar-refractivity contribution is 6.32. The van der Waals surface area contributed by atoms with E-state index < -0.39 is 18.3 Å². The molecule has 0 aromatic carbocycles. The summed E-state index contributed by atoms with van der Waals surface area (Å²) in [5, 5.41) is 2.35. The molecule has 1 rings (SSSR count). The average Bonchev–Trinajstić information content (AvgIpc) is 2.27. The Balaban J connectivity index is 2.67. The Hall–Kier alpha value is -1.63. The summed E-state index contributed by atoms with van der Waals surface area (Å²) in [6.07, 6.45) is 0.603. The second kappa shape index (κ2) is 6.69. The van der Waals surface area contributed by atoms with Gasteiger partial charge in [-0.05, 0) is 20.8 Å². The van der Waals surface area contributed by atoms with E-state index in [1.165, 1.54) is 12.3 Å². The zero-order valence-corrected chi connectivity index (χ0v) is 12.0. The van der Waals surface area contributed by atoms with Gasteiger partial charge in [0.25, 0.3) is 0 Å². The molecule has 1 N–H and O–H groups in total. The maximum Gasteiger partial charge on any atom is 0.407 e. The Morgan fingerprint density at radius 1 is 1.50 bits per heavy atom. The van der Waals surface area contributed by atoms with Crippen molar-refractivity contribution in [3.05, 3.63) is 23.0 Å². The second-order valence-electron chi connectivity index (χ2n) is 4.80. The number of nitrogens with one attached hydrogen (secondary N) is 1. The molecule has 0 radical (unpaired) electrons. The van der Waals surface area contributed by atoms with E-state index in [0.29, 0.717) is 0 Å². The fourth-order valence-corrected chi connectivity index (χ4v) is 1.47. The Kier molecular flexibility index (Phi) is 5.50. The van der Waals surface area contributed by atoms with E-state index in [9.17, 15) is 13.6 Å². The van der Waals surface area contributed by atoms with Crippen molar-refractivity contribution < 1.29 is 23.0 Å². The Bertz CT molecular complexity index is 478. The van der Waals surface area contributed by atoms with E-state index in [1.54, 1.807) is 20.8 Å². The fourth-order valence-electron chi connectivity index (χ4n) is 1.25. The molecule has 0 saturated carbocycles. The van der Waals surface area contributed by atoms with Crippen LogP contribution in [0.25, 0.3) is 0 Å². The largest absolute Gasteiger partial charge is 0.444 e. The van der Waals surface area contributed by atoms with Gasteiger partial charge in [0.1, 0.15) is 16.4 Å². The van der Waals surface area contributed by atoms with Crippen molar-refractivity contribution in [3.63, 3.8) is 0 Å². The molecule has 8 heteroatoms. The number of hydrogen-bond donors (Lipinski definition) is 1. The number of ether oxygens (including phenoxy) is 2. The third kappa shape index (κ3) is 5.56. The van der Waals surface area contributed by atoms with Crippen LogP contribution in [0.3, 0.4) is 0 Å². The standard InChI is InChI=1S/C12H15ClF2N2O3/c1-12(2,3)20-11(18)17-6-7-9(13)8(4-5-16-7)19-10(14)15/h4-5,10H,6H2,1-3H3,(H,17,18). The van der Waals surface area contributed by atoms with E-state index in [-0.39, 0.29) is 23.0 Å². The molecule has 1 aromatic rings. The highest BCUT2D eigenvalue weighted by Gasteiger charge is 2.17. The van der Waals surface area contributed by atoms with Gasteiger partial charge in [0.2, 0.25) is 0 Å². The van der Waals surface area contributed by atoms with Crippen LogP contribution in [0.5, 0.6) is 5.75 Å². The van der Waals surface area contributed by atoms with Crippen molar-refractivity contribution in [1.82, 2.24) is 10.3 Å². The molecule has 0 aliphatic carbocycles. The number of nitrogens with zero attached hydrogens (tertiary/aromatic N) is 1. The minimum absolute atomic E-state index is 0.0613. The number of pyridine rings is 1. The van der Waals surface area contributed by atoms with Gasteiger partial charge in [0.15, 0.2) is 0 Å².